The molecule has 0 aromatic rings. The molecule has 0 bridgehead atoms. The first kappa shape index (κ1) is 16.9. The van der Waals surface area contributed by atoms with Gasteiger partial charge in [0.05, 0.1) is 6.54 Å². The third-order valence-corrected chi connectivity index (χ3v) is 2.11. The van der Waals surface area contributed by atoms with Crippen molar-refractivity contribution < 1.29 is 14.3 Å². The molecule has 0 aromatic carbocycles. The molecule has 0 saturated carbocycles. The summed E-state index contributed by atoms with van der Waals surface area (Å²) < 4.78 is 4.68. The maximum atomic E-state index is 11.6. The number of cyclic esters (lactones) is 1. The smallest absolute Gasteiger partial charge is 0.416 e. The number of ether oxygens (including phenoxy) is 1. The molecule has 2 amide bonds. The fraction of sp³-hybridized carbons (Fsp3) is 0.333. The van der Waals surface area contributed by atoms with Gasteiger partial charge in [-0.05, 0) is 18.6 Å². The van der Waals surface area contributed by atoms with Crippen LogP contribution in [0.4, 0.5) is 4.79 Å². The second-order valence-electron chi connectivity index (χ2n) is 3.34. The van der Waals surface area contributed by atoms with Crippen LogP contribution in [0.1, 0.15) is 20.8 Å². The monoisotopic (exact) mass is 263 g/mol. The zero-order valence-corrected chi connectivity index (χ0v) is 11.8. The Morgan fingerprint density at radius 3 is 2.47 bits per heavy atom. The third-order valence-electron chi connectivity index (χ3n) is 2.11. The Balaban J connectivity index is 0.00000154. The highest BCUT2D eigenvalue weighted by Crippen LogP contribution is 2.06. The molecular weight excluding hydrogens is 242 g/mol. The van der Waals surface area contributed by atoms with Gasteiger partial charge in [0.1, 0.15) is 6.61 Å². The molecule has 1 aliphatic rings. The lowest BCUT2D eigenvalue weighted by molar-refractivity contribution is -0.122. The van der Waals surface area contributed by atoms with Gasteiger partial charge >= 0.3 is 6.09 Å². The van der Waals surface area contributed by atoms with E-state index in [9.17, 15) is 9.59 Å². The molecular formula is C15H21NO3. The summed E-state index contributed by atoms with van der Waals surface area (Å²) in [7, 11) is 0. The molecule has 0 aliphatic carbocycles. The first-order chi connectivity index (χ1) is 9.19. The summed E-state index contributed by atoms with van der Waals surface area (Å²) in [6.45, 7) is 10.0. The van der Waals surface area contributed by atoms with Gasteiger partial charge in [0.2, 0.25) is 0 Å². The van der Waals surface area contributed by atoms with Gasteiger partial charge in [-0.1, -0.05) is 44.7 Å². The van der Waals surface area contributed by atoms with Gasteiger partial charge < -0.3 is 4.74 Å². The molecule has 4 nitrogen and oxygen atoms in total. The van der Waals surface area contributed by atoms with Crippen LogP contribution in [0.25, 0.3) is 0 Å². The molecule has 19 heavy (non-hydrogen) atoms. The van der Waals surface area contributed by atoms with Crippen molar-refractivity contribution in [2.45, 2.75) is 20.8 Å². The quantitative estimate of drug-likeness (QED) is 0.578. The van der Waals surface area contributed by atoms with Crippen LogP contribution in [-0.2, 0) is 9.53 Å². The van der Waals surface area contributed by atoms with Crippen LogP contribution >= 0.6 is 0 Å². The number of amides is 2. The van der Waals surface area contributed by atoms with Crippen LogP contribution in [0.5, 0.6) is 0 Å². The highest BCUT2D eigenvalue weighted by atomic mass is 16.6. The Kier molecular flexibility index (Phi) is 8.79. The number of rotatable bonds is 4. The fourth-order valence-electron chi connectivity index (χ4n) is 1.35. The molecule has 0 atom stereocenters. The number of hydrogen-bond acceptors (Lipinski definition) is 3. The van der Waals surface area contributed by atoms with E-state index in [-0.39, 0.29) is 12.5 Å². The van der Waals surface area contributed by atoms with Crippen LogP contribution in [0.2, 0.25) is 0 Å². The van der Waals surface area contributed by atoms with E-state index in [4.69, 9.17) is 0 Å². The van der Waals surface area contributed by atoms with Crippen molar-refractivity contribution >= 4 is 12.0 Å². The number of carbonyl (C=O) groups is 2. The summed E-state index contributed by atoms with van der Waals surface area (Å²) in [5, 5.41) is 0. The number of hydrogen-bond donors (Lipinski definition) is 0. The molecule has 1 saturated heterocycles. The minimum atomic E-state index is -0.583. The summed E-state index contributed by atoms with van der Waals surface area (Å²) in [6.07, 6.45) is 9.50. The maximum absolute atomic E-state index is 11.6. The molecule has 0 radical (unpaired) electrons. The summed E-state index contributed by atoms with van der Waals surface area (Å²) >= 11 is 0. The topological polar surface area (TPSA) is 46.6 Å². The van der Waals surface area contributed by atoms with Gasteiger partial charge in [0.25, 0.3) is 5.91 Å². The van der Waals surface area contributed by atoms with Crippen LogP contribution in [-0.4, -0.2) is 30.1 Å². The van der Waals surface area contributed by atoms with Crippen molar-refractivity contribution in [2.75, 3.05) is 13.2 Å². The van der Waals surface area contributed by atoms with E-state index in [2.05, 4.69) is 11.3 Å². The lowest BCUT2D eigenvalue weighted by atomic mass is 10.2. The summed E-state index contributed by atoms with van der Waals surface area (Å²) in [4.78, 5) is 23.8. The normalized spacial score (nSPS) is 15.4. The minimum Gasteiger partial charge on any atom is -0.447 e. The zero-order chi connectivity index (χ0) is 14.7. The minimum absolute atomic E-state index is 0.266. The van der Waals surface area contributed by atoms with Gasteiger partial charge in [-0.2, -0.15) is 0 Å². The van der Waals surface area contributed by atoms with E-state index in [0.717, 1.165) is 10.5 Å². The Hall–Kier alpha value is -2.10. The van der Waals surface area contributed by atoms with Crippen molar-refractivity contribution in [3.05, 3.63) is 48.6 Å². The van der Waals surface area contributed by atoms with Gasteiger partial charge in [-0.3, -0.25) is 4.79 Å². The largest absolute Gasteiger partial charge is 0.447 e. The van der Waals surface area contributed by atoms with Gasteiger partial charge in [-0.15, -0.1) is 0 Å². The van der Waals surface area contributed by atoms with Crippen molar-refractivity contribution in [2.24, 2.45) is 0 Å². The highest BCUT2D eigenvalue weighted by Gasteiger charge is 2.26. The predicted octanol–water partition coefficient (Wildman–Crippen LogP) is 3.24. The molecule has 104 valence electrons. The number of nitrogens with zero attached hydrogens (tertiary/aromatic N) is 1. The van der Waals surface area contributed by atoms with Crippen LogP contribution in [0.15, 0.2) is 48.6 Å². The van der Waals surface area contributed by atoms with Crippen LogP contribution in [0, 0.1) is 0 Å². The van der Waals surface area contributed by atoms with E-state index in [1.54, 1.807) is 18.2 Å². The molecule has 0 N–H and O–H groups in total. The molecule has 1 aliphatic heterocycles. The average Bonchev–Trinajstić information content (AvgIpc) is 2.85. The van der Waals surface area contributed by atoms with E-state index in [1.165, 1.54) is 6.08 Å². The Morgan fingerprint density at radius 2 is 2.00 bits per heavy atom. The maximum Gasteiger partial charge on any atom is 0.416 e. The Bertz CT molecular complexity index is 406. The molecule has 1 rings (SSSR count). The second-order valence-corrected chi connectivity index (χ2v) is 3.34. The summed E-state index contributed by atoms with van der Waals surface area (Å²) in [6, 6.07) is 0. The Morgan fingerprint density at radius 1 is 1.32 bits per heavy atom. The summed E-state index contributed by atoms with van der Waals surface area (Å²) in [5.74, 6) is -0.369. The van der Waals surface area contributed by atoms with E-state index >= 15 is 0 Å². The average molecular weight is 263 g/mol. The number of imide groups is 1. The van der Waals surface area contributed by atoms with Gasteiger partial charge in [0, 0.05) is 6.08 Å². The SMILES string of the molecule is C=C/C=C(\C=C/C)/C=C/C(=O)N1CCOC1=O.CC. The lowest BCUT2D eigenvalue weighted by Crippen LogP contribution is -2.29. The standard InChI is InChI=1S/C13H15NO3.C2H6/c1-3-5-11(6-4-2)7-8-12(15)14-9-10-17-13(14)16;1-2/h3-8H,1,9-10H2,2H3;1-2H3/b6-4-,8-7+,11-5+;. The van der Waals surface area contributed by atoms with E-state index < -0.39 is 6.09 Å². The first-order valence-electron chi connectivity index (χ1n) is 6.30. The summed E-state index contributed by atoms with van der Waals surface area (Å²) in [5.41, 5.74) is 0.836. The molecule has 0 spiro atoms. The first-order valence-corrected chi connectivity index (χ1v) is 6.30. The van der Waals surface area contributed by atoms with Crippen LogP contribution in [0.3, 0.4) is 0 Å². The van der Waals surface area contributed by atoms with Gasteiger partial charge in [0.15, 0.2) is 0 Å². The second kappa shape index (κ2) is 9.88. The fourth-order valence-corrected chi connectivity index (χ4v) is 1.35. The van der Waals surface area contributed by atoms with E-state index in [1.807, 2.05) is 32.9 Å². The number of carbonyl (C=O) groups excluding carboxylic acids is 2. The van der Waals surface area contributed by atoms with Crippen molar-refractivity contribution in [1.82, 2.24) is 4.90 Å². The van der Waals surface area contributed by atoms with Crippen molar-refractivity contribution in [3.8, 4) is 0 Å². The molecule has 4 heteroatoms. The molecule has 1 fully saturated rings. The van der Waals surface area contributed by atoms with Gasteiger partial charge in [-0.25, -0.2) is 9.69 Å². The lowest BCUT2D eigenvalue weighted by Gasteiger charge is -2.06. The predicted molar refractivity (Wildman–Crippen MR) is 76.6 cm³/mol. The molecule has 0 unspecified atom stereocenters. The van der Waals surface area contributed by atoms with Crippen LogP contribution < -0.4 is 0 Å². The number of allylic oxidation sites excluding steroid dienone is 6. The van der Waals surface area contributed by atoms with Crippen molar-refractivity contribution in [1.29, 1.82) is 0 Å². The Labute approximate surface area is 114 Å². The molecule has 1 heterocycles. The molecule has 0 aromatic heterocycles. The van der Waals surface area contributed by atoms with E-state index in [0.29, 0.717) is 6.54 Å². The third kappa shape index (κ3) is 5.86. The van der Waals surface area contributed by atoms with Crippen molar-refractivity contribution in [3.63, 3.8) is 0 Å². The highest BCUT2D eigenvalue weighted by molar-refractivity contribution is 5.99. The zero-order valence-electron chi connectivity index (χ0n) is 11.8.